The number of amides is 1. The van der Waals surface area contributed by atoms with Crippen LogP contribution in [0.2, 0.25) is 0 Å². The van der Waals surface area contributed by atoms with Gasteiger partial charge in [-0.05, 0) is 56.7 Å². The number of β-amino-alcohol motifs (C(OH)–C–C–N with tert-alkyl or cyclic N) is 1. The standard InChI is InChI=1S/C29H37FN6O3/c1-29(20-8-10-21(30)11-9-20)19-39-14-6-5-12-33(2)27-16-25(34-17-22(37)18-34)31-26-15-23(32-36(26)27)24-7-3-4-13-35(24)28(29)38/h8-11,15-16,22,24,37H,3-7,12-14,17-19H2,1-2H3. The number of anilines is 2. The summed E-state index contributed by atoms with van der Waals surface area (Å²) in [6.07, 6.45) is 4.16. The van der Waals surface area contributed by atoms with Crippen LogP contribution < -0.4 is 9.80 Å². The third-order valence-corrected chi connectivity index (χ3v) is 8.47. The third kappa shape index (κ3) is 4.84. The van der Waals surface area contributed by atoms with Crippen molar-refractivity contribution in [2.45, 2.75) is 56.6 Å². The van der Waals surface area contributed by atoms with Crippen LogP contribution in [0.1, 0.15) is 56.3 Å². The van der Waals surface area contributed by atoms with Crippen molar-refractivity contribution in [3.05, 3.63) is 53.5 Å². The van der Waals surface area contributed by atoms with E-state index in [-0.39, 0.29) is 30.5 Å². The van der Waals surface area contributed by atoms with Crippen molar-refractivity contribution in [3.63, 3.8) is 0 Å². The first-order valence-electron chi connectivity index (χ1n) is 14.0. The molecule has 208 valence electrons. The first kappa shape index (κ1) is 26.0. The molecule has 2 atom stereocenters. The maximum absolute atomic E-state index is 14.4. The topological polar surface area (TPSA) is 86.4 Å². The van der Waals surface area contributed by atoms with Crippen molar-refractivity contribution in [3.8, 4) is 0 Å². The van der Waals surface area contributed by atoms with Gasteiger partial charge in [-0.1, -0.05) is 12.1 Å². The van der Waals surface area contributed by atoms with Gasteiger partial charge in [0.05, 0.1) is 29.9 Å². The number of aliphatic hydroxyl groups excluding tert-OH is 1. The number of nitrogens with zero attached hydrogens (tertiary/aromatic N) is 6. The van der Waals surface area contributed by atoms with Crippen molar-refractivity contribution in [2.75, 3.05) is 56.2 Å². The van der Waals surface area contributed by atoms with E-state index in [0.717, 1.165) is 67.2 Å². The van der Waals surface area contributed by atoms with Crippen LogP contribution in [0.3, 0.4) is 0 Å². The predicted octanol–water partition coefficient (Wildman–Crippen LogP) is 3.31. The Balaban J connectivity index is 1.43. The van der Waals surface area contributed by atoms with Crippen molar-refractivity contribution < 1.29 is 19.0 Å². The summed E-state index contributed by atoms with van der Waals surface area (Å²) in [6, 6.07) is 10.1. The molecule has 0 radical (unpaired) electrons. The fraction of sp³-hybridized carbons (Fsp3) is 0.552. The summed E-state index contributed by atoms with van der Waals surface area (Å²) in [5.41, 5.74) is 1.36. The summed E-state index contributed by atoms with van der Waals surface area (Å²) >= 11 is 0. The lowest BCUT2D eigenvalue weighted by atomic mass is 9.80. The number of ether oxygens (including phenoxy) is 1. The molecule has 2 aromatic heterocycles. The van der Waals surface area contributed by atoms with Gasteiger partial charge in [0.1, 0.15) is 17.5 Å². The Morgan fingerprint density at radius 3 is 2.62 bits per heavy atom. The summed E-state index contributed by atoms with van der Waals surface area (Å²) in [6.45, 7) is 5.26. The second-order valence-electron chi connectivity index (χ2n) is 11.4. The van der Waals surface area contributed by atoms with Gasteiger partial charge in [0.25, 0.3) is 0 Å². The minimum absolute atomic E-state index is 0.0220. The Morgan fingerprint density at radius 1 is 1.08 bits per heavy atom. The van der Waals surface area contributed by atoms with Crippen LogP contribution in [0.15, 0.2) is 36.4 Å². The summed E-state index contributed by atoms with van der Waals surface area (Å²) in [4.78, 5) is 25.5. The highest BCUT2D eigenvalue weighted by atomic mass is 19.1. The number of benzene rings is 1. The van der Waals surface area contributed by atoms with Crippen LogP contribution >= 0.6 is 0 Å². The van der Waals surface area contributed by atoms with Crippen molar-refractivity contribution in [1.29, 1.82) is 0 Å². The minimum atomic E-state index is -0.950. The molecular formula is C29H37FN6O3. The summed E-state index contributed by atoms with van der Waals surface area (Å²) in [5, 5.41) is 14.9. The van der Waals surface area contributed by atoms with E-state index in [1.807, 2.05) is 28.5 Å². The van der Waals surface area contributed by atoms with E-state index in [9.17, 15) is 14.3 Å². The molecule has 1 amide bonds. The first-order valence-corrected chi connectivity index (χ1v) is 14.0. The van der Waals surface area contributed by atoms with Crippen LogP contribution in [0.5, 0.6) is 0 Å². The van der Waals surface area contributed by atoms with E-state index in [1.165, 1.54) is 12.1 Å². The molecule has 1 N–H and O–H groups in total. The van der Waals surface area contributed by atoms with E-state index in [0.29, 0.717) is 26.2 Å². The molecular weight excluding hydrogens is 499 g/mol. The average Bonchev–Trinajstić information content (AvgIpc) is 3.36. The lowest BCUT2D eigenvalue weighted by Gasteiger charge is -2.41. The van der Waals surface area contributed by atoms with E-state index in [4.69, 9.17) is 14.8 Å². The molecule has 39 heavy (non-hydrogen) atoms. The highest BCUT2D eigenvalue weighted by Gasteiger charge is 2.43. The molecule has 10 heteroatoms. The zero-order chi connectivity index (χ0) is 27.1. The van der Waals surface area contributed by atoms with Crippen LogP contribution in [-0.4, -0.2) is 83.1 Å². The maximum atomic E-state index is 14.4. The molecule has 2 fully saturated rings. The molecule has 5 heterocycles. The van der Waals surface area contributed by atoms with E-state index >= 15 is 0 Å². The molecule has 3 aliphatic rings. The number of hydrogen-bond donors (Lipinski definition) is 1. The SMILES string of the molecule is CN1CCCCOCC(C)(c2ccc(F)cc2)C(=O)N2CCCCC2c2cc3nc(N4CC(O)C4)cc1n3n2. The van der Waals surface area contributed by atoms with Crippen LogP contribution in [0.4, 0.5) is 16.0 Å². The Kier molecular flexibility index (Phi) is 6.93. The van der Waals surface area contributed by atoms with E-state index in [2.05, 4.69) is 16.8 Å². The molecule has 0 aliphatic carbocycles. The Labute approximate surface area is 228 Å². The largest absolute Gasteiger partial charge is 0.389 e. The Morgan fingerprint density at radius 2 is 1.85 bits per heavy atom. The van der Waals surface area contributed by atoms with Gasteiger partial charge in [0.15, 0.2) is 5.65 Å². The fourth-order valence-electron chi connectivity index (χ4n) is 6.03. The Hall–Kier alpha value is -3.24. The van der Waals surface area contributed by atoms with Crippen LogP contribution in [-0.2, 0) is 14.9 Å². The number of fused-ring (bicyclic) bond motifs is 3. The second kappa shape index (κ2) is 10.4. The summed E-state index contributed by atoms with van der Waals surface area (Å²) in [5.74, 6) is 1.41. The number of rotatable bonds is 2. The molecule has 6 rings (SSSR count). The number of piperidine rings is 1. The number of halogens is 1. The smallest absolute Gasteiger partial charge is 0.235 e. The number of carbonyl (C=O) groups excluding carboxylic acids is 1. The number of carbonyl (C=O) groups is 1. The van der Waals surface area contributed by atoms with E-state index in [1.54, 1.807) is 12.1 Å². The fourth-order valence-corrected chi connectivity index (χ4v) is 6.03. The predicted molar refractivity (Wildman–Crippen MR) is 147 cm³/mol. The van der Waals surface area contributed by atoms with Gasteiger partial charge in [-0.3, -0.25) is 4.79 Å². The number of aromatic nitrogens is 3. The van der Waals surface area contributed by atoms with Gasteiger partial charge in [-0.15, -0.1) is 0 Å². The minimum Gasteiger partial charge on any atom is -0.389 e. The molecule has 0 spiro atoms. The number of hydrogen-bond acceptors (Lipinski definition) is 7. The molecule has 3 aliphatic heterocycles. The third-order valence-electron chi connectivity index (χ3n) is 8.47. The molecule has 2 saturated heterocycles. The Bertz CT molecular complexity index is 1340. The molecule has 3 aromatic rings. The zero-order valence-electron chi connectivity index (χ0n) is 22.7. The molecule has 1 aromatic carbocycles. The molecule has 0 saturated carbocycles. The van der Waals surface area contributed by atoms with Gasteiger partial charge >= 0.3 is 0 Å². The summed E-state index contributed by atoms with van der Waals surface area (Å²) < 4.78 is 21.8. The highest BCUT2D eigenvalue weighted by molar-refractivity contribution is 5.88. The van der Waals surface area contributed by atoms with Crippen molar-refractivity contribution >= 4 is 23.2 Å². The van der Waals surface area contributed by atoms with Crippen molar-refractivity contribution in [1.82, 2.24) is 19.5 Å². The lowest BCUT2D eigenvalue weighted by molar-refractivity contribution is -0.143. The first-order chi connectivity index (χ1) is 18.8. The van der Waals surface area contributed by atoms with Crippen molar-refractivity contribution in [2.24, 2.45) is 0 Å². The average molecular weight is 537 g/mol. The summed E-state index contributed by atoms with van der Waals surface area (Å²) in [7, 11) is 2.06. The second-order valence-corrected chi connectivity index (χ2v) is 11.4. The van der Waals surface area contributed by atoms with Gasteiger partial charge in [-0.25, -0.2) is 9.37 Å². The molecule has 2 unspecified atom stereocenters. The molecule has 2 bridgehead atoms. The monoisotopic (exact) mass is 536 g/mol. The van der Waals surface area contributed by atoms with E-state index < -0.39 is 5.41 Å². The maximum Gasteiger partial charge on any atom is 0.235 e. The van der Waals surface area contributed by atoms with Crippen LogP contribution in [0, 0.1) is 5.82 Å². The normalized spacial score (nSPS) is 25.4. The number of aliphatic hydroxyl groups is 1. The lowest BCUT2D eigenvalue weighted by Crippen LogP contribution is -2.51. The van der Waals surface area contributed by atoms with Gasteiger partial charge < -0.3 is 24.5 Å². The zero-order valence-corrected chi connectivity index (χ0v) is 22.7. The van der Waals surface area contributed by atoms with Crippen LogP contribution in [0.25, 0.3) is 5.65 Å². The van der Waals surface area contributed by atoms with Gasteiger partial charge in [0, 0.05) is 52.0 Å². The quantitative estimate of drug-likeness (QED) is 0.538. The van der Waals surface area contributed by atoms with Gasteiger partial charge in [0.2, 0.25) is 5.91 Å². The molecule has 9 nitrogen and oxygen atoms in total. The van der Waals surface area contributed by atoms with Gasteiger partial charge in [-0.2, -0.15) is 9.61 Å². The highest BCUT2D eigenvalue weighted by Crippen LogP contribution is 2.37.